The Kier molecular flexibility index (Phi) is 4.94. The molecule has 0 amide bonds. The van der Waals surface area contributed by atoms with E-state index < -0.39 is 11.9 Å². The molecule has 4 nitrogen and oxygen atoms in total. The smallest absolute Gasteiger partial charge is 0.164 e. The molecule has 1 N–H and O–H groups in total. The van der Waals surface area contributed by atoms with Gasteiger partial charge in [0.2, 0.25) is 0 Å². The topological polar surface area (TPSA) is 47.9 Å². The second-order valence-electron chi connectivity index (χ2n) is 5.32. The fraction of sp³-hybridized carbons (Fsp3) is 0.500. The second kappa shape index (κ2) is 6.50. The number of hydrogen-bond acceptors (Lipinski definition) is 4. The van der Waals surface area contributed by atoms with Crippen LogP contribution in [0, 0.1) is 0 Å². The first-order valence-electron chi connectivity index (χ1n) is 6.80. The van der Waals surface area contributed by atoms with E-state index in [0.717, 1.165) is 5.56 Å². The van der Waals surface area contributed by atoms with Gasteiger partial charge in [-0.3, -0.25) is 0 Å². The summed E-state index contributed by atoms with van der Waals surface area (Å²) in [6.07, 6.45) is 0.614. The van der Waals surface area contributed by atoms with Gasteiger partial charge in [-0.1, -0.05) is 36.4 Å². The SMILES string of the molecule is C=C[C@@H]1OC(C)(C)O[C@@H]1[C@H](CO)OCc1ccccc1. The molecule has 0 radical (unpaired) electrons. The zero-order chi connectivity index (χ0) is 14.6. The molecule has 1 fully saturated rings. The third-order valence-corrected chi connectivity index (χ3v) is 3.25. The van der Waals surface area contributed by atoms with Crippen LogP contribution in [-0.2, 0) is 20.8 Å². The lowest BCUT2D eigenvalue weighted by molar-refractivity contribution is -0.163. The summed E-state index contributed by atoms with van der Waals surface area (Å²) in [7, 11) is 0. The molecule has 20 heavy (non-hydrogen) atoms. The molecular weight excluding hydrogens is 256 g/mol. The summed E-state index contributed by atoms with van der Waals surface area (Å²) in [5, 5.41) is 9.55. The van der Waals surface area contributed by atoms with Crippen molar-refractivity contribution < 1.29 is 19.3 Å². The number of hydrogen-bond donors (Lipinski definition) is 1. The Balaban J connectivity index is 1.99. The highest BCUT2D eigenvalue weighted by molar-refractivity contribution is 5.13. The van der Waals surface area contributed by atoms with Crippen molar-refractivity contribution in [3.8, 4) is 0 Å². The Hall–Kier alpha value is -1.20. The summed E-state index contributed by atoms with van der Waals surface area (Å²) >= 11 is 0. The maximum atomic E-state index is 9.55. The van der Waals surface area contributed by atoms with Crippen molar-refractivity contribution in [2.75, 3.05) is 6.61 Å². The van der Waals surface area contributed by atoms with Gasteiger partial charge in [-0.25, -0.2) is 0 Å². The number of rotatable bonds is 6. The van der Waals surface area contributed by atoms with Crippen molar-refractivity contribution in [3.63, 3.8) is 0 Å². The van der Waals surface area contributed by atoms with E-state index in [-0.39, 0.29) is 18.8 Å². The molecule has 0 aliphatic carbocycles. The van der Waals surface area contributed by atoms with E-state index in [1.54, 1.807) is 6.08 Å². The van der Waals surface area contributed by atoms with Gasteiger partial charge in [0.1, 0.15) is 18.3 Å². The molecule has 1 saturated heterocycles. The standard InChI is InChI=1S/C16H22O4/c1-4-13-15(20-16(2,3)19-13)14(10-17)18-11-12-8-6-5-7-9-12/h4-9,13-15,17H,1,10-11H2,2-3H3/t13-,14-,15-/m0/s1. The van der Waals surface area contributed by atoms with Crippen molar-refractivity contribution in [1.82, 2.24) is 0 Å². The molecule has 1 aliphatic heterocycles. The Morgan fingerprint density at radius 3 is 2.65 bits per heavy atom. The van der Waals surface area contributed by atoms with Crippen LogP contribution >= 0.6 is 0 Å². The summed E-state index contributed by atoms with van der Waals surface area (Å²) in [6.45, 7) is 7.74. The molecule has 1 aliphatic rings. The average molecular weight is 278 g/mol. The Bertz CT molecular complexity index is 429. The van der Waals surface area contributed by atoms with Crippen molar-refractivity contribution in [2.45, 2.75) is 44.6 Å². The van der Waals surface area contributed by atoms with Crippen LogP contribution in [0.3, 0.4) is 0 Å². The lowest BCUT2D eigenvalue weighted by atomic mass is 10.1. The largest absolute Gasteiger partial charge is 0.394 e. The van der Waals surface area contributed by atoms with Crippen LogP contribution in [0.2, 0.25) is 0 Å². The van der Waals surface area contributed by atoms with Crippen LogP contribution in [0.5, 0.6) is 0 Å². The molecule has 0 spiro atoms. The summed E-state index contributed by atoms with van der Waals surface area (Å²) < 4.78 is 17.3. The Morgan fingerprint density at radius 1 is 1.35 bits per heavy atom. The predicted molar refractivity (Wildman–Crippen MR) is 76.1 cm³/mol. The van der Waals surface area contributed by atoms with Gasteiger partial charge < -0.3 is 19.3 Å². The van der Waals surface area contributed by atoms with E-state index in [9.17, 15) is 5.11 Å². The maximum absolute atomic E-state index is 9.55. The molecule has 1 heterocycles. The fourth-order valence-corrected chi connectivity index (χ4v) is 2.32. The van der Waals surface area contributed by atoms with Gasteiger partial charge >= 0.3 is 0 Å². The van der Waals surface area contributed by atoms with Gasteiger partial charge in [0, 0.05) is 0 Å². The van der Waals surface area contributed by atoms with Crippen molar-refractivity contribution in [3.05, 3.63) is 48.6 Å². The van der Waals surface area contributed by atoms with E-state index in [2.05, 4.69) is 6.58 Å². The molecule has 0 saturated carbocycles. The predicted octanol–water partition coefficient (Wildman–Crippen LogP) is 2.27. The molecule has 110 valence electrons. The van der Waals surface area contributed by atoms with Gasteiger partial charge in [-0.15, -0.1) is 6.58 Å². The lowest BCUT2D eigenvalue weighted by Crippen LogP contribution is -2.39. The zero-order valence-corrected chi connectivity index (χ0v) is 12.0. The van der Waals surface area contributed by atoms with E-state index >= 15 is 0 Å². The van der Waals surface area contributed by atoms with E-state index in [4.69, 9.17) is 14.2 Å². The van der Waals surface area contributed by atoms with E-state index in [1.807, 2.05) is 44.2 Å². The number of ether oxygens (including phenoxy) is 3. The minimum Gasteiger partial charge on any atom is -0.394 e. The van der Waals surface area contributed by atoms with E-state index in [1.165, 1.54) is 0 Å². The zero-order valence-electron chi connectivity index (χ0n) is 12.0. The van der Waals surface area contributed by atoms with Gasteiger partial charge in [0.25, 0.3) is 0 Å². The minimum atomic E-state index is -0.687. The number of benzene rings is 1. The molecule has 4 heteroatoms. The first kappa shape index (κ1) is 15.2. The van der Waals surface area contributed by atoms with Crippen LogP contribution in [-0.4, -0.2) is 35.8 Å². The molecule has 3 atom stereocenters. The molecule has 0 bridgehead atoms. The minimum absolute atomic E-state index is 0.124. The molecular formula is C16H22O4. The summed E-state index contributed by atoms with van der Waals surface area (Å²) in [6, 6.07) is 9.83. The van der Waals surface area contributed by atoms with E-state index in [0.29, 0.717) is 6.61 Å². The fourth-order valence-electron chi connectivity index (χ4n) is 2.32. The quantitative estimate of drug-likeness (QED) is 0.811. The maximum Gasteiger partial charge on any atom is 0.164 e. The summed E-state index contributed by atoms with van der Waals surface area (Å²) in [4.78, 5) is 0. The van der Waals surface area contributed by atoms with Crippen molar-refractivity contribution >= 4 is 0 Å². The summed E-state index contributed by atoms with van der Waals surface area (Å²) in [5.41, 5.74) is 1.05. The van der Waals surface area contributed by atoms with Gasteiger partial charge in [0.05, 0.1) is 13.2 Å². The highest BCUT2D eigenvalue weighted by atomic mass is 16.8. The average Bonchev–Trinajstić information content (AvgIpc) is 2.76. The van der Waals surface area contributed by atoms with Crippen LogP contribution in [0.4, 0.5) is 0 Å². The van der Waals surface area contributed by atoms with Gasteiger partial charge in [-0.05, 0) is 19.4 Å². The monoisotopic (exact) mass is 278 g/mol. The van der Waals surface area contributed by atoms with Crippen LogP contribution in [0.1, 0.15) is 19.4 Å². The highest BCUT2D eigenvalue weighted by Crippen LogP contribution is 2.31. The van der Waals surface area contributed by atoms with Crippen LogP contribution in [0.25, 0.3) is 0 Å². The highest BCUT2D eigenvalue weighted by Gasteiger charge is 2.44. The summed E-state index contributed by atoms with van der Waals surface area (Å²) in [5.74, 6) is -0.687. The number of aliphatic hydroxyl groups is 1. The third kappa shape index (κ3) is 3.67. The second-order valence-corrected chi connectivity index (χ2v) is 5.32. The molecule has 1 aromatic rings. The van der Waals surface area contributed by atoms with Crippen molar-refractivity contribution in [2.24, 2.45) is 0 Å². The normalized spacial score (nSPS) is 26.4. The third-order valence-electron chi connectivity index (χ3n) is 3.25. The molecule has 0 aromatic heterocycles. The van der Waals surface area contributed by atoms with Gasteiger partial charge in [0.15, 0.2) is 5.79 Å². The molecule has 1 aromatic carbocycles. The Morgan fingerprint density at radius 2 is 2.05 bits per heavy atom. The first-order valence-corrected chi connectivity index (χ1v) is 6.80. The first-order chi connectivity index (χ1) is 9.55. The molecule has 0 unspecified atom stereocenters. The van der Waals surface area contributed by atoms with Crippen LogP contribution < -0.4 is 0 Å². The number of aliphatic hydroxyl groups excluding tert-OH is 1. The van der Waals surface area contributed by atoms with Gasteiger partial charge in [-0.2, -0.15) is 0 Å². The van der Waals surface area contributed by atoms with Crippen LogP contribution in [0.15, 0.2) is 43.0 Å². The Labute approximate surface area is 120 Å². The van der Waals surface area contributed by atoms with Crippen molar-refractivity contribution in [1.29, 1.82) is 0 Å². The molecule has 2 rings (SSSR count). The lowest BCUT2D eigenvalue weighted by Gasteiger charge is -2.24.